The molecule has 10 heteroatoms. The van der Waals surface area contributed by atoms with E-state index in [1.54, 1.807) is 38.7 Å². The first-order valence-electron chi connectivity index (χ1n) is 7.65. The van der Waals surface area contributed by atoms with Crippen molar-refractivity contribution in [2.45, 2.75) is 44.8 Å². The number of aliphatic hydroxyl groups is 1. The molecule has 0 unspecified atom stereocenters. The number of hydrogen-bond acceptors (Lipinski definition) is 5. The molecule has 24 heavy (non-hydrogen) atoms. The third-order valence-corrected chi connectivity index (χ3v) is 5.75. The van der Waals surface area contributed by atoms with Crippen molar-refractivity contribution in [2.24, 2.45) is 7.05 Å². The van der Waals surface area contributed by atoms with Gasteiger partial charge in [-0.1, -0.05) is 0 Å². The van der Waals surface area contributed by atoms with Crippen LogP contribution in [0.1, 0.15) is 37.6 Å². The lowest BCUT2D eigenvalue weighted by molar-refractivity contribution is -0.127. The van der Waals surface area contributed by atoms with Gasteiger partial charge in [0.1, 0.15) is 6.04 Å². The Morgan fingerprint density at radius 1 is 1.50 bits per heavy atom. The fourth-order valence-corrected chi connectivity index (χ4v) is 4.00. The highest BCUT2D eigenvalue weighted by molar-refractivity contribution is 7.87. The zero-order valence-corrected chi connectivity index (χ0v) is 15.4. The van der Waals surface area contributed by atoms with Gasteiger partial charge in [0.15, 0.2) is 0 Å². The molecule has 1 amide bonds. The molecule has 1 aromatic heterocycles. The summed E-state index contributed by atoms with van der Waals surface area (Å²) in [6.07, 6.45) is 2.02. The number of aliphatic hydroxyl groups excluding tert-OH is 1. The first-order valence-corrected chi connectivity index (χ1v) is 9.09. The zero-order valence-electron chi connectivity index (χ0n) is 14.6. The summed E-state index contributed by atoms with van der Waals surface area (Å²) in [6, 6.07) is -1.40. The molecule has 136 valence electrons. The van der Waals surface area contributed by atoms with Crippen LogP contribution in [0.4, 0.5) is 0 Å². The standard InChI is InChI=1S/C14H25N5O4S/c1-9-10(7-18(4)16-9)11-6-12(19(5)24(22,23)17-11)13(21)15-14(2,3)8-20/h7,11-12,17,20H,6,8H2,1-5H3,(H,15,21)/t11-,12-/m1/s1. The maximum absolute atomic E-state index is 12.6. The van der Waals surface area contributed by atoms with Crippen LogP contribution in [0.2, 0.25) is 0 Å². The molecule has 0 saturated carbocycles. The quantitative estimate of drug-likeness (QED) is 0.650. The molecule has 0 aliphatic carbocycles. The summed E-state index contributed by atoms with van der Waals surface area (Å²) in [6.45, 7) is 4.89. The van der Waals surface area contributed by atoms with E-state index in [1.165, 1.54) is 7.05 Å². The third kappa shape index (κ3) is 3.77. The van der Waals surface area contributed by atoms with E-state index in [4.69, 9.17) is 0 Å². The van der Waals surface area contributed by atoms with Crippen LogP contribution in [0.3, 0.4) is 0 Å². The summed E-state index contributed by atoms with van der Waals surface area (Å²) in [5.74, 6) is -0.437. The number of carbonyl (C=O) groups is 1. The molecule has 1 aromatic rings. The van der Waals surface area contributed by atoms with E-state index in [1.807, 2.05) is 0 Å². The van der Waals surface area contributed by atoms with E-state index in [0.29, 0.717) is 5.69 Å². The second-order valence-corrected chi connectivity index (χ2v) is 8.58. The number of hydrogen-bond donors (Lipinski definition) is 3. The van der Waals surface area contributed by atoms with E-state index >= 15 is 0 Å². The molecule has 9 nitrogen and oxygen atoms in total. The van der Waals surface area contributed by atoms with Crippen molar-refractivity contribution < 1.29 is 18.3 Å². The molecule has 0 aromatic carbocycles. The number of nitrogens with one attached hydrogen (secondary N) is 2. The van der Waals surface area contributed by atoms with Crippen molar-refractivity contribution in [1.29, 1.82) is 0 Å². The van der Waals surface area contributed by atoms with Crippen LogP contribution in [-0.4, -0.2) is 58.8 Å². The molecule has 2 heterocycles. The second kappa shape index (κ2) is 6.43. The van der Waals surface area contributed by atoms with Gasteiger partial charge in [0.05, 0.1) is 23.9 Å². The van der Waals surface area contributed by atoms with E-state index < -0.39 is 33.7 Å². The van der Waals surface area contributed by atoms with E-state index in [2.05, 4.69) is 15.1 Å². The summed E-state index contributed by atoms with van der Waals surface area (Å²) in [4.78, 5) is 12.6. The van der Waals surface area contributed by atoms with Crippen LogP contribution in [0.5, 0.6) is 0 Å². The Labute approximate surface area is 142 Å². The Kier molecular flexibility index (Phi) is 5.05. The highest BCUT2D eigenvalue weighted by atomic mass is 32.2. The Morgan fingerprint density at radius 2 is 2.12 bits per heavy atom. The lowest BCUT2D eigenvalue weighted by Crippen LogP contribution is -2.60. The molecule has 0 radical (unpaired) electrons. The molecule has 1 saturated heterocycles. The number of aromatic nitrogens is 2. The number of likely N-dealkylation sites (N-methyl/N-ethyl adjacent to an activating group) is 1. The molecule has 1 fully saturated rings. The fourth-order valence-electron chi connectivity index (χ4n) is 2.73. The predicted molar refractivity (Wildman–Crippen MR) is 88.2 cm³/mol. The van der Waals surface area contributed by atoms with Crippen molar-refractivity contribution in [3.05, 3.63) is 17.5 Å². The average molecular weight is 359 g/mol. The van der Waals surface area contributed by atoms with Crippen LogP contribution in [-0.2, 0) is 22.1 Å². The Balaban J connectivity index is 2.30. The number of nitrogens with zero attached hydrogens (tertiary/aromatic N) is 3. The summed E-state index contributed by atoms with van der Waals surface area (Å²) in [5.41, 5.74) is 0.629. The third-order valence-electron chi connectivity index (χ3n) is 4.15. The summed E-state index contributed by atoms with van der Waals surface area (Å²) < 4.78 is 30.0. The van der Waals surface area contributed by atoms with Gasteiger partial charge in [-0.05, 0) is 27.2 Å². The highest BCUT2D eigenvalue weighted by Crippen LogP contribution is 2.29. The minimum Gasteiger partial charge on any atom is -0.394 e. The predicted octanol–water partition coefficient (Wildman–Crippen LogP) is -0.805. The molecular formula is C14H25N5O4S. The normalized spacial score (nSPS) is 24.8. The van der Waals surface area contributed by atoms with Crippen molar-refractivity contribution in [3.63, 3.8) is 0 Å². The molecule has 3 N–H and O–H groups in total. The van der Waals surface area contributed by atoms with Crippen molar-refractivity contribution in [3.8, 4) is 0 Å². The highest BCUT2D eigenvalue weighted by Gasteiger charge is 2.42. The Hall–Kier alpha value is -1.49. The maximum atomic E-state index is 12.6. The van der Waals surface area contributed by atoms with Gasteiger partial charge in [-0.2, -0.15) is 22.5 Å². The van der Waals surface area contributed by atoms with Gasteiger partial charge in [0.2, 0.25) is 5.91 Å². The van der Waals surface area contributed by atoms with E-state index in [0.717, 1.165) is 9.87 Å². The number of rotatable bonds is 4. The van der Waals surface area contributed by atoms with Crippen LogP contribution < -0.4 is 10.0 Å². The summed E-state index contributed by atoms with van der Waals surface area (Å²) in [5, 5.41) is 16.2. The molecule has 1 aliphatic rings. The van der Waals surface area contributed by atoms with Gasteiger partial charge >= 0.3 is 0 Å². The molecule has 0 bridgehead atoms. The SMILES string of the molecule is Cc1nn(C)cc1[C@H]1C[C@H](C(=O)NC(C)(C)CO)N(C)S(=O)(=O)N1. The van der Waals surface area contributed by atoms with Crippen molar-refractivity contribution in [1.82, 2.24) is 24.1 Å². The minimum absolute atomic E-state index is 0.245. The lowest BCUT2D eigenvalue weighted by atomic mass is 9.99. The van der Waals surface area contributed by atoms with Crippen LogP contribution in [0.25, 0.3) is 0 Å². The molecule has 1 aliphatic heterocycles. The first-order chi connectivity index (χ1) is 11.0. The maximum Gasteiger partial charge on any atom is 0.280 e. The number of amides is 1. The molecule has 2 atom stereocenters. The van der Waals surface area contributed by atoms with E-state index in [9.17, 15) is 18.3 Å². The fraction of sp³-hybridized carbons (Fsp3) is 0.714. The Morgan fingerprint density at radius 3 is 2.62 bits per heavy atom. The van der Waals surface area contributed by atoms with Crippen molar-refractivity contribution >= 4 is 16.1 Å². The van der Waals surface area contributed by atoms with E-state index in [-0.39, 0.29) is 13.0 Å². The zero-order chi connectivity index (χ0) is 18.3. The van der Waals surface area contributed by atoms with Gasteiger partial charge in [-0.15, -0.1) is 0 Å². The van der Waals surface area contributed by atoms with Gasteiger partial charge in [-0.25, -0.2) is 0 Å². The number of aryl methyl sites for hydroxylation is 2. The van der Waals surface area contributed by atoms with Gasteiger partial charge in [0, 0.05) is 25.9 Å². The molecule has 0 spiro atoms. The monoisotopic (exact) mass is 359 g/mol. The first kappa shape index (κ1) is 18.8. The summed E-state index contributed by atoms with van der Waals surface area (Å²) in [7, 11) is -0.676. The number of carbonyl (C=O) groups excluding carboxylic acids is 1. The van der Waals surface area contributed by atoms with Crippen LogP contribution in [0.15, 0.2) is 6.20 Å². The largest absolute Gasteiger partial charge is 0.394 e. The average Bonchev–Trinajstić information content (AvgIpc) is 2.80. The minimum atomic E-state index is -3.80. The van der Waals surface area contributed by atoms with Gasteiger partial charge in [-0.3, -0.25) is 9.48 Å². The van der Waals surface area contributed by atoms with Gasteiger partial charge in [0.25, 0.3) is 10.2 Å². The lowest BCUT2D eigenvalue weighted by Gasteiger charge is -2.37. The van der Waals surface area contributed by atoms with Crippen LogP contribution in [0, 0.1) is 6.92 Å². The Bertz CT molecular complexity index is 728. The van der Waals surface area contributed by atoms with Gasteiger partial charge < -0.3 is 10.4 Å². The molecular weight excluding hydrogens is 334 g/mol. The topological polar surface area (TPSA) is 117 Å². The smallest absolute Gasteiger partial charge is 0.280 e. The summed E-state index contributed by atoms with van der Waals surface area (Å²) >= 11 is 0. The second-order valence-electron chi connectivity index (χ2n) is 6.82. The molecule has 2 rings (SSSR count). The van der Waals surface area contributed by atoms with Crippen LogP contribution >= 0.6 is 0 Å². The van der Waals surface area contributed by atoms with Crippen molar-refractivity contribution in [2.75, 3.05) is 13.7 Å².